The first-order valence-electron chi connectivity index (χ1n) is 14.4. The predicted octanol–water partition coefficient (Wildman–Crippen LogP) is 5.93. The maximum Gasteiger partial charge on any atom is 0.306 e. The molecule has 1 atom stereocenters. The largest absolute Gasteiger partial charge is 0.481 e. The lowest BCUT2D eigenvalue weighted by molar-refractivity contribution is -0.141. The Kier molecular flexibility index (Phi) is 10.3. The number of furan rings is 1. The second-order valence-corrected chi connectivity index (χ2v) is 12.9. The molecule has 2 aromatic carbocycles. The molecule has 228 valence electrons. The van der Waals surface area contributed by atoms with E-state index in [2.05, 4.69) is 5.32 Å². The van der Waals surface area contributed by atoms with Crippen LogP contribution >= 0.6 is 0 Å². The number of benzene rings is 2. The molecule has 1 aromatic heterocycles. The number of nitrogens with one attached hydrogen (secondary N) is 1. The van der Waals surface area contributed by atoms with Crippen LogP contribution in [0.2, 0.25) is 0 Å². The molecule has 2 N–H and O–H groups in total. The van der Waals surface area contributed by atoms with E-state index in [0.29, 0.717) is 66.0 Å². The maximum atomic E-state index is 13.6. The first-order valence-corrected chi connectivity index (χ1v) is 16.2. The van der Waals surface area contributed by atoms with Crippen molar-refractivity contribution in [2.45, 2.75) is 57.8 Å². The molecule has 0 radical (unpaired) electrons. The topological polar surface area (TPSA) is 126 Å². The van der Waals surface area contributed by atoms with Gasteiger partial charge in [0.15, 0.2) is 0 Å². The third-order valence-corrected chi connectivity index (χ3v) is 8.76. The molecule has 1 aliphatic rings. The Morgan fingerprint density at radius 3 is 2.43 bits per heavy atom. The van der Waals surface area contributed by atoms with Crippen molar-refractivity contribution in [2.24, 2.45) is 5.92 Å². The second-order valence-electron chi connectivity index (χ2n) is 11.0. The summed E-state index contributed by atoms with van der Waals surface area (Å²) in [4.78, 5) is 23.9. The monoisotopic (exact) mass is 602 g/mol. The van der Waals surface area contributed by atoms with Gasteiger partial charge in [0.05, 0.1) is 23.4 Å². The molecule has 9 nitrogen and oxygen atoms in total. The lowest BCUT2D eigenvalue weighted by Crippen LogP contribution is -2.31. The van der Waals surface area contributed by atoms with Gasteiger partial charge >= 0.3 is 5.97 Å². The molecule has 42 heavy (non-hydrogen) atoms. The second kappa shape index (κ2) is 13.7. The van der Waals surface area contributed by atoms with Crippen LogP contribution in [0.15, 0.2) is 40.8 Å². The van der Waals surface area contributed by atoms with E-state index in [-0.39, 0.29) is 24.3 Å². The highest BCUT2D eigenvalue weighted by atomic mass is 32.2. The highest BCUT2D eigenvalue weighted by Gasteiger charge is 2.33. The first kappa shape index (κ1) is 31.5. The Balaban J connectivity index is 1.53. The summed E-state index contributed by atoms with van der Waals surface area (Å²) in [5.41, 5.74) is 2.67. The molecule has 1 heterocycles. The number of amides is 1. The molecule has 1 fully saturated rings. The number of hydrogen-bond donors (Lipinski definition) is 2. The van der Waals surface area contributed by atoms with Crippen molar-refractivity contribution in [2.75, 3.05) is 37.4 Å². The molecule has 1 amide bonds. The molecule has 11 heteroatoms. The van der Waals surface area contributed by atoms with Gasteiger partial charge in [-0.2, -0.15) is 0 Å². The Bertz CT molecular complexity index is 1510. The number of aliphatic carboxylic acids is 1. The average Bonchev–Trinajstić information content (AvgIpc) is 3.73. The minimum Gasteiger partial charge on any atom is -0.481 e. The van der Waals surface area contributed by atoms with Gasteiger partial charge in [0.25, 0.3) is 5.91 Å². The zero-order valence-electron chi connectivity index (χ0n) is 24.3. The molecule has 0 bridgehead atoms. The number of rotatable bonds is 16. The molecule has 0 spiro atoms. The number of hydrogen-bond acceptors (Lipinski definition) is 6. The van der Waals surface area contributed by atoms with Crippen molar-refractivity contribution in [3.63, 3.8) is 0 Å². The first-order chi connectivity index (χ1) is 20.0. The van der Waals surface area contributed by atoms with Crippen molar-refractivity contribution in [1.82, 2.24) is 5.32 Å². The van der Waals surface area contributed by atoms with Gasteiger partial charge in [0.2, 0.25) is 10.0 Å². The van der Waals surface area contributed by atoms with E-state index in [9.17, 15) is 22.4 Å². The Morgan fingerprint density at radius 1 is 1.12 bits per heavy atom. The quantitative estimate of drug-likeness (QED) is 0.195. The number of carbonyl (C=O) groups is 2. The average molecular weight is 603 g/mol. The van der Waals surface area contributed by atoms with Crippen molar-refractivity contribution < 1.29 is 36.7 Å². The fourth-order valence-corrected chi connectivity index (χ4v) is 6.04. The van der Waals surface area contributed by atoms with Crippen LogP contribution in [0.1, 0.15) is 73.7 Å². The fourth-order valence-electron chi connectivity index (χ4n) is 5.06. The van der Waals surface area contributed by atoms with Crippen LogP contribution in [-0.2, 0) is 19.6 Å². The standard InChI is InChI=1S/C31H39FN2O7S/c1-20(31(36)37)8-7-17-40-16-6-4-5-15-34(42(3,38)39)26-19-27-25(18-24(26)21-9-10-21)28(30(35)33-2)29(41-27)22-11-13-23(32)14-12-22/h11-14,18-21H,4-10,15-17H2,1-3H3,(H,33,35)(H,36,37). The van der Waals surface area contributed by atoms with Crippen molar-refractivity contribution in [1.29, 1.82) is 0 Å². The third kappa shape index (κ3) is 7.69. The number of carbonyl (C=O) groups excluding carboxylic acids is 1. The van der Waals surface area contributed by atoms with Gasteiger partial charge in [-0.3, -0.25) is 13.9 Å². The molecule has 4 rings (SSSR count). The molecule has 1 saturated carbocycles. The number of nitrogens with zero attached hydrogens (tertiary/aromatic N) is 1. The zero-order chi connectivity index (χ0) is 30.4. The van der Waals surface area contributed by atoms with Gasteiger partial charge in [-0.15, -0.1) is 0 Å². The van der Waals surface area contributed by atoms with Crippen molar-refractivity contribution >= 4 is 38.6 Å². The molecular formula is C31H39FN2O7S. The zero-order valence-corrected chi connectivity index (χ0v) is 25.1. The summed E-state index contributed by atoms with van der Waals surface area (Å²) in [6, 6.07) is 9.28. The number of carboxylic acid groups (broad SMARTS) is 1. The summed E-state index contributed by atoms with van der Waals surface area (Å²) in [7, 11) is -2.09. The molecule has 0 aliphatic heterocycles. The SMILES string of the molecule is CNC(=O)c1c(-c2ccc(F)cc2)oc2cc(N(CCCCCOCCCC(C)C(=O)O)S(C)(=O)=O)c(C3CC3)cc12. The number of halogens is 1. The summed E-state index contributed by atoms with van der Waals surface area (Å²) < 4.78 is 52.9. The lowest BCUT2D eigenvalue weighted by atomic mass is 10.0. The van der Waals surface area contributed by atoms with Crippen LogP contribution in [0.25, 0.3) is 22.3 Å². The summed E-state index contributed by atoms with van der Waals surface area (Å²) in [5, 5.41) is 12.2. The van der Waals surface area contributed by atoms with E-state index >= 15 is 0 Å². The minimum atomic E-state index is -3.62. The van der Waals surface area contributed by atoms with Gasteiger partial charge in [0.1, 0.15) is 17.2 Å². The Hall–Kier alpha value is -3.44. The molecule has 0 saturated heterocycles. The summed E-state index contributed by atoms with van der Waals surface area (Å²) in [6.07, 6.45) is 6.43. The van der Waals surface area contributed by atoms with E-state index in [1.165, 1.54) is 29.7 Å². The van der Waals surface area contributed by atoms with Crippen molar-refractivity contribution in [3.8, 4) is 11.3 Å². The van der Waals surface area contributed by atoms with Gasteiger partial charge < -0.3 is 19.6 Å². The highest BCUT2D eigenvalue weighted by molar-refractivity contribution is 7.92. The third-order valence-electron chi connectivity index (χ3n) is 7.58. The van der Waals surface area contributed by atoms with Crippen LogP contribution in [0.3, 0.4) is 0 Å². The van der Waals surface area contributed by atoms with E-state index < -0.39 is 21.8 Å². The van der Waals surface area contributed by atoms with Gasteiger partial charge in [-0.05, 0) is 86.8 Å². The molecule has 1 aliphatic carbocycles. The summed E-state index contributed by atoms with van der Waals surface area (Å²) in [6.45, 7) is 2.99. The minimum absolute atomic E-state index is 0.188. The van der Waals surface area contributed by atoms with E-state index in [1.807, 2.05) is 6.07 Å². The Morgan fingerprint density at radius 2 is 1.81 bits per heavy atom. The molecular weight excluding hydrogens is 563 g/mol. The van der Waals surface area contributed by atoms with Gasteiger partial charge in [-0.1, -0.05) is 6.92 Å². The summed E-state index contributed by atoms with van der Waals surface area (Å²) >= 11 is 0. The number of fused-ring (bicyclic) bond motifs is 1. The fraction of sp³-hybridized carbons (Fsp3) is 0.484. The Labute approximate surface area is 246 Å². The molecule has 1 unspecified atom stereocenters. The van der Waals surface area contributed by atoms with Crippen LogP contribution < -0.4 is 9.62 Å². The van der Waals surface area contributed by atoms with Crippen LogP contribution in [0.4, 0.5) is 10.1 Å². The maximum absolute atomic E-state index is 13.6. The van der Waals surface area contributed by atoms with E-state index in [4.69, 9.17) is 14.3 Å². The number of anilines is 1. The number of carboxylic acids is 1. The van der Waals surface area contributed by atoms with E-state index in [1.54, 1.807) is 25.1 Å². The smallest absolute Gasteiger partial charge is 0.306 e. The van der Waals surface area contributed by atoms with Crippen LogP contribution in [-0.4, -0.2) is 58.5 Å². The summed E-state index contributed by atoms with van der Waals surface area (Å²) in [5.74, 6) is -1.46. The number of unbranched alkanes of at least 4 members (excludes halogenated alkanes) is 2. The lowest BCUT2D eigenvalue weighted by Gasteiger charge is -2.25. The van der Waals surface area contributed by atoms with Crippen LogP contribution in [0.5, 0.6) is 0 Å². The number of ether oxygens (including phenoxy) is 1. The predicted molar refractivity (Wildman–Crippen MR) is 160 cm³/mol. The highest BCUT2D eigenvalue weighted by Crippen LogP contribution is 2.48. The van der Waals surface area contributed by atoms with Gasteiger partial charge in [-0.25, -0.2) is 12.8 Å². The number of sulfonamides is 1. The van der Waals surface area contributed by atoms with Crippen LogP contribution in [0, 0.1) is 11.7 Å². The van der Waals surface area contributed by atoms with E-state index in [0.717, 1.165) is 31.2 Å². The van der Waals surface area contributed by atoms with Crippen molar-refractivity contribution in [3.05, 3.63) is 53.3 Å². The normalized spacial score (nSPS) is 14.2. The van der Waals surface area contributed by atoms with Gasteiger partial charge in [0, 0.05) is 43.8 Å². The molecule has 3 aromatic rings.